The predicted molar refractivity (Wildman–Crippen MR) is 39.9 cm³/mol. The quantitative estimate of drug-likeness (QED) is 0.632. The van der Waals surface area contributed by atoms with Crippen LogP contribution in [0.3, 0.4) is 0 Å². The molecule has 0 aromatic carbocycles. The van der Waals surface area contributed by atoms with Crippen LogP contribution in [0.5, 0.6) is 5.75 Å². The van der Waals surface area contributed by atoms with Crippen LogP contribution >= 0.6 is 0 Å². The van der Waals surface area contributed by atoms with Gasteiger partial charge in [0, 0.05) is 12.1 Å². The highest BCUT2D eigenvalue weighted by Crippen LogP contribution is 2.13. The zero-order chi connectivity index (χ0) is 8.27. The molecule has 0 radical (unpaired) electrons. The summed E-state index contributed by atoms with van der Waals surface area (Å²) in [4.78, 5) is 3.74. The molecule has 0 saturated carbocycles. The van der Waals surface area contributed by atoms with E-state index in [1.54, 1.807) is 6.07 Å². The van der Waals surface area contributed by atoms with Crippen molar-refractivity contribution in [1.82, 2.24) is 4.98 Å². The number of pyridine rings is 1. The van der Waals surface area contributed by atoms with Gasteiger partial charge in [0.15, 0.2) is 0 Å². The highest BCUT2D eigenvalue weighted by atomic mass is 16.5. The number of hydrogen-bond acceptors (Lipinski definition) is 4. The molecule has 1 rings (SSSR count). The van der Waals surface area contributed by atoms with Crippen LogP contribution in [0.2, 0.25) is 0 Å². The average molecular weight is 149 g/mol. The molecule has 0 atom stereocenters. The zero-order valence-electron chi connectivity index (χ0n) is 6.03. The predicted octanol–water partition coefficient (Wildman–Crippen LogP) is 0.544. The third kappa shape index (κ3) is 1.58. The first-order valence-electron chi connectivity index (χ1n) is 2.98. The van der Waals surface area contributed by atoms with E-state index in [4.69, 9.17) is 15.7 Å². The Hall–Kier alpha value is -1.76. The van der Waals surface area contributed by atoms with Gasteiger partial charge in [-0.1, -0.05) is 0 Å². The molecule has 0 unspecified atom stereocenters. The van der Waals surface area contributed by atoms with Crippen LogP contribution in [-0.4, -0.2) is 12.1 Å². The molecule has 56 valence electrons. The minimum atomic E-state index is 0.266. The van der Waals surface area contributed by atoms with E-state index in [0.29, 0.717) is 11.6 Å². The molecule has 4 heteroatoms. The summed E-state index contributed by atoms with van der Waals surface area (Å²) in [6.45, 7) is 0. The number of aromatic nitrogens is 1. The van der Waals surface area contributed by atoms with Gasteiger partial charge < -0.3 is 10.5 Å². The Labute approximate surface area is 64.2 Å². The summed E-state index contributed by atoms with van der Waals surface area (Å²) in [7, 11) is 1.51. The summed E-state index contributed by atoms with van der Waals surface area (Å²) in [6.07, 6.45) is 0. The second-order valence-electron chi connectivity index (χ2n) is 1.93. The molecular weight excluding hydrogens is 142 g/mol. The molecule has 1 aromatic rings. The van der Waals surface area contributed by atoms with E-state index in [1.165, 1.54) is 13.2 Å². The van der Waals surface area contributed by atoms with Gasteiger partial charge in [-0.3, -0.25) is 0 Å². The fourth-order valence-corrected chi connectivity index (χ4v) is 0.701. The SMILES string of the molecule is COc1cc(N)nc(C#N)c1. The zero-order valence-corrected chi connectivity index (χ0v) is 6.03. The van der Waals surface area contributed by atoms with Crippen molar-refractivity contribution in [2.75, 3.05) is 12.8 Å². The molecular formula is C7H7N3O. The van der Waals surface area contributed by atoms with Crippen molar-refractivity contribution in [3.63, 3.8) is 0 Å². The van der Waals surface area contributed by atoms with Crippen LogP contribution in [0, 0.1) is 11.3 Å². The van der Waals surface area contributed by atoms with Crippen LogP contribution < -0.4 is 10.5 Å². The first-order chi connectivity index (χ1) is 5.26. The van der Waals surface area contributed by atoms with Gasteiger partial charge in [0.05, 0.1) is 7.11 Å². The largest absolute Gasteiger partial charge is 0.497 e. The van der Waals surface area contributed by atoms with Gasteiger partial charge in [-0.05, 0) is 0 Å². The summed E-state index contributed by atoms with van der Waals surface area (Å²) in [5, 5.41) is 8.46. The normalized spacial score (nSPS) is 8.73. The van der Waals surface area contributed by atoms with Crippen LogP contribution in [-0.2, 0) is 0 Å². The molecule has 4 nitrogen and oxygen atoms in total. The lowest BCUT2D eigenvalue weighted by Gasteiger charge is -1.99. The Morgan fingerprint density at radius 3 is 2.91 bits per heavy atom. The minimum absolute atomic E-state index is 0.266. The number of anilines is 1. The summed E-state index contributed by atoms with van der Waals surface area (Å²) in [5.74, 6) is 0.843. The molecule has 1 heterocycles. The first-order valence-corrected chi connectivity index (χ1v) is 2.98. The van der Waals surface area contributed by atoms with Crippen molar-refractivity contribution >= 4 is 5.82 Å². The molecule has 0 spiro atoms. The van der Waals surface area contributed by atoms with E-state index in [9.17, 15) is 0 Å². The highest BCUT2D eigenvalue weighted by Gasteiger charge is 1.97. The maximum Gasteiger partial charge on any atom is 0.146 e. The van der Waals surface area contributed by atoms with Crippen molar-refractivity contribution < 1.29 is 4.74 Å². The Balaban J connectivity index is 3.15. The number of nitrogen functional groups attached to an aromatic ring is 1. The number of nitrogens with two attached hydrogens (primary N) is 1. The fraction of sp³-hybridized carbons (Fsp3) is 0.143. The molecule has 1 aromatic heterocycles. The molecule has 0 aliphatic heterocycles. The smallest absolute Gasteiger partial charge is 0.146 e. The lowest BCUT2D eigenvalue weighted by Crippen LogP contribution is -1.94. The summed E-state index contributed by atoms with van der Waals surface area (Å²) in [6, 6.07) is 4.95. The van der Waals surface area contributed by atoms with Gasteiger partial charge in [-0.25, -0.2) is 4.98 Å². The molecule has 0 bridgehead atoms. The summed E-state index contributed by atoms with van der Waals surface area (Å²) >= 11 is 0. The average Bonchev–Trinajstić information content (AvgIpc) is 2.03. The van der Waals surface area contributed by atoms with Crippen molar-refractivity contribution in [3.05, 3.63) is 17.8 Å². The van der Waals surface area contributed by atoms with Gasteiger partial charge in [0.1, 0.15) is 23.3 Å². The molecule has 11 heavy (non-hydrogen) atoms. The number of rotatable bonds is 1. The second-order valence-corrected chi connectivity index (χ2v) is 1.93. The highest BCUT2D eigenvalue weighted by molar-refractivity contribution is 5.42. The third-order valence-corrected chi connectivity index (χ3v) is 1.17. The Kier molecular flexibility index (Phi) is 1.93. The van der Waals surface area contributed by atoms with Crippen molar-refractivity contribution in [2.24, 2.45) is 0 Å². The van der Waals surface area contributed by atoms with Crippen LogP contribution in [0.4, 0.5) is 5.82 Å². The Morgan fingerprint density at radius 1 is 1.64 bits per heavy atom. The Bertz CT molecular complexity index is 303. The molecule has 2 N–H and O–H groups in total. The molecule has 0 fully saturated rings. The third-order valence-electron chi connectivity index (χ3n) is 1.17. The number of hydrogen-bond donors (Lipinski definition) is 1. The van der Waals surface area contributed by atoms with Crippen LogP contribution in [0.15, 0.2) is 12.1 Å². The van der Waals surface area contributed by atoms with Gasteiger partial charge in [0.25, 0.3) is 0 Å². The standard InChI is InChI=1S/C7H7N3O/c1-11-6-2-5(4-8)10-7(9)3-6/h2-3H,1H3,(H2,9,10). The van der Waals surface area contributed by atoms with E-state index >= 15 is 0 Å². The number of ether oxygens (including phenoxy) is 1. The van der Waals surface area contributed by atoms with E-state index in [1.807, 2.05) is 6.07 Å². The topological polar surface area (TPSA) is 71.9 Å². The minimum Gasteiger partial charge on any atom is -0.497 e. The molecule has 0 amide bonds. The van der Waals surface area contributed by atoms with Gasteiger partial charge in [0.2, 0.25) is 0 Å². The summed E-state index contributed by atoms with van der Waals surface area (Å²) < 4.78 is 4.87. The molecule has 0 aliphatic carbocycles. The van der Waals surface area contributed by atoms with Crippen LogP contribution in [0.1, 0.15) is 5.69 Å². The van der Waals surface area contributed by atoms with E-state index in [2.05, 4.69) is 4.98 Å². The van der Waals surface area contributed by atoms with E-state index in [-0.39, 0.29) is 5.69 Å². The number of nitriles is 1. The van der Waals surface area contributed by atoms with E-state index < -0.39 is 0 Å². The fourth-order valence-electron chi connectivity index (χ4n) is 0.701. The van der Waals surface area contributed by atoms with Crippen LogP contribution in [0.25, 0.3) is 0 Å². The number of nitrogens with zero attached hydrogens (tertiary/aromatic N) is 2. The first kappa shape index (κ1) is 7.35. The lowest BCUT2D eigenvalue weighted by atomic mass is 10.3. The summed E-state index contributed by atoms with van der Waals surface area (Å²) in [5.41, 5.74) is 5.63. The van der Waals surface area contributed by atoms with Crippen molar-refractivity contribution in [1.29, 1.82) is 5.26 Å². The van der Waals surface area contributed by atoms with Crippen molar-refractivity contribution in [2.45, 2.75) is 0 Å². The van der Waals surface area contributed by atoms with E-state index in [0.717, 1.165) is 0 Å². The maximum atomic E-state index is 8.46. The second kappa shape index (κ2) is 2.88. The monoisotopic (exact) mass is 149 g/mol. The lowest BCUT2D eigenvalue weighted by molar-refractivity contribution is 0.414. The van der Waals surface area contributed by atoms with Gasteiger partial charge in [-0.2, -0.15) is 5.26 Å². The molecule has 0 saturated heterocycles. The van der Waals surface area contributed by atoms with Gasteiger partial charge in [-0.15, -0.1) is 0 Å². The Morgan fingerprint density at radius 2 is 2.36 bits per heavy atom. The molecule has 0 aliphatic rings. The van der Waals surface area contributed by atoms with Gasteiger partial charge >= 0.3 is 0 Å². The van der Waals surface area contributed by atoms with Crippen molar-refractivity contribution in [3.8, 4) is 11.8 Å². The number of methoxy groups -OCH3 is 1. The maximum absolute atomic E-state index is 8.46.